The lowest BCUT2D eigenvalue weighted by Gasteiger charge is -2.16. The zero-order valence-corrected chi connectivity index (χ0v) is 18.9. The lowest BCUT2D eigenvalue weighted by Crippen LogP contribution is -2.27. The van der Waals surface area contributed by atoms with Gasteiger partial charge in [-0.05, 0) is 55.0 Å². The molecular formula is C28H22FN3O3. The van der Waals surface area contributed by atoms with E-state index in [0.717, 1.165) is 22.2 Å². The molecular weight excluding hydrogens is 445 g/mol. The minimum atomic E-state index is -1.02. The first-order valence-electron chi connectivity index (χ1n) is 11.2. The molecule has 5 aromatic rings. The lowest BCUT2D eigenvalue weighted by atomic mass is 10.0. The maximum absolute atomic E-state index is 14.4. The molecule has 35 heavy (non-hydrogen) atoms. The van der Waals surface area contributed by atoms with Crippen molar-refractivity contribution in [1.82, 2.24) is 14.9 Å². The number of pyridine rings is 1. The number of carboxylic acid groups (broad SMARTS) is 1. The second-order valence-electron chi connectivity index (χ2n) is 8.45. The van der Waals surface area contributed by atoms with E-state index in [-0.39, 0.29) is 11.1 Å². The van der Waals surface area contributed by atoms with E-state index < -0.39 is 23.7 Å². The van der Waals surface area contributed by atoms with Crippen molar-refractivity contribution in [3.8, 4) is 0 Å². The predicted octanol–water partition coefficient (Wildman–Crippen LogP) is 5.57. The quantitative estimate of drug-likeness (QED) is 0.342. The second-order valence-corrected chi connectivity index (χ2v) is 8.45. The number of carbonyl (C=O) groups is 2. The first kappa shape index (κ1) is 22.3. The molecule has 0 spiro atoms. The highest BCUT2D eigenvalue weighted by molar-refractivity contribution is 6.06. The van der Waals surface area contributed by atoms with Crippen molar-refractivity contribution in [3.05, 3.63) is 113 Å². The fourth-order valence-corrected chi connectivity index (χ4v) is 4.26. The van der Waals surface area contributed by atoms with Crippen molar-refractivity contribution in [2.75, 3.05) is 0 Å². The number of carboxylic acids is 1. The van der Waals surface area contributed by atoms with E-state index in [0.29, 0.717) is 17.4 Å². The third-order valence-electron chi connectivity index (χ3n) is 6.06. The Morgan fingerprint density at radius 3 is 2.54 bits per heavy atom. The van der Waals surface area contributed by atoms with Crippen LogP contribution in [0.2, 0.25) is 0 Å². The van der Waals surface area contributed by atoms with Gasteiger partial charge in [0.15, 0.2) is 0 Å². The van der Waals surface area contributed by atoms with Crippen LogP contribution in [0.15, 0.2) is 85.1 Å². The standard InChI is InChI=1S/C28H22FN3O3/c1-17(18-6-8-20(9-7-18)28(34)35)30-27(33)24-15-22(29)14-21-12-13-32(26(21)24)16-23-11-10-19-4-2-3-5-25(19)31-23/h2-15,17H,16H2,1H3,(H,30,33)(H,34,35)/t17-/m0/s1. The van der Waals surface area contributed by atoms with Crippen molar-refractivity contribution in [1.29, 1.82) is 0 Å². The minimum Gasteiger partial charge on any atom is -0.478 e. The van der Waals surface area contributed by atoms with Gasteiger partial charge in [0, 0.05) is 17.0 Å². The van der Waals surface area contributed by atoms with Crippen LogP contribution in [0.25, 0.3) is 21.8 Å². The van der Waals surface area contributed by atoms with Crippen LogP contribution in [0.1, 0.15) is 44.9 Å². The Kier molecular flexibility index (Phi) is 5.74. The van der Waals surface area contributed by atoms with Crippen molar-refractivity contribution in [3.63, 3.8) is 0 Å². The first-order chi connectivity index (χ1) is 16.9. The number of para-hydroxylation sites is 1. The van der Waals surface area contributed by atoms with Gasteiger partial charge in [0.05, 0.1) is 40.4 Å². The molecule has 0 saturated heterocycles. The number of benzene rings is 3. The van der Waals surface area contributed by atoms with Gasteiger partial charge in [-0.1, -0.05) is 36.4 Å². The van der Waals surface area contributed by atoms with Crippen LogP contribution in [-0.4, -0.2) is 26.5 Å². The lowest BCUT2D eigenvalue weighted by molar-refractivity contribution is 0.0696. The minimum absolute atomic E-state index is 0.166. The van der Waals surface area contributed by atoms with E-state index in [1.165, 1.54) is 24.3 Å². The average Bonchev–Trinajstić information content (AvgIpc) is 3.25. The van der Waals surface area contributed by atoms with E-state index in [1.54, 1.807) is 25.1 Å². The van der Waals surface area contributed by atoms with E-state index in [1.807, 2.05) is 47.2 Å². The second kappa shape index (κ2) is 9.02. The monoisotopic (exact) mass is 467 g/mol. The van der Waals surface area contributed by atoms with E-state index in [4.69, 9.17) is 10.1 Å². The van der Waals surface area contributed by atoms with Crippen LogP contribution in [0, 0.1) is 5.82 Å². The fourth-order valence-electron chi connectivity index (χ4n) is 4.26. The molecule has 0 aliphatic rings. The molecule has 174 valence electrons. The Morgan fingerprint density at radius 2 is 1.77 bits per heavy atom. The molecule has 0 bridgehead atoms. The van der Waals surface area contributed by atoms with Gasteiger partial charge in [-0.15, -0.1) is 0 Å². The van der Waals surface area contributed by atoms with Crippen LogP contribution in [0.3, 0.4) is 0 Å². The SMILES string of the molecule is C[C@H](NC(=O)c1cc(F)cc2ccn(Cc3ccc4ccccc4n3)c12)c1ccc(C(=O)O)cc1. The highest BCUT2D eigenvalue weighted by atomic mass is 19.1. The first-order valence-corrected chi connectivity index (χ1v) is 11.2. The normalized spacial score (nSPS) is 12.1. The molecule has 7 heteroatoms. The number of carbonyl (C=O) groups excluding carboxylic acids is 1. The third-order valence-corrected chi connectivity index (χ3v) is 6.06. The maximum Gasteiger partial charge on any atom is 0.335 e. The molecule has 1 amide bonds. The molecule has 0 aliphatic heterocycles. The van der Waals surface area contributed by atoms with E-state index in [2.05, 4.69) is 5.32 Å². The van der Waals surface area contributed by atoms with Crippen molar-refractivity contribution in [2.45, 2.75) is 19.5 Å². The summed E-state index contributed by atoms with van der Waals surface area (Å²) in [5.74, 6) is -1.93. The predicted molar refractivity (Wildman–Crippen MR) is 132 cm³/mol. The van der Waals surface area contributed by atoms with Gasteiger partial charge in [-0.25, -0.2) is 9.18 Å². The molecule has 3 aromatic carbocycles. The van der Waals surface area contributed by atoms with Crippen LogP contribution in [0.4, 0.5) is 4.39 Å². The summed E-state index contributed by atoms with van der Waals surface area (Å²) in [7, 11) is 0. The smallest absolute Gasteiger partial charge is 0.335 e. The topological polar surface area (TPSA) is 84.2 Å². The summed E-state index contributed by atoms with van der Waals surface area (Å²) >= 11 is 0. The third kappa shape index (κ3) is 4.48. The molecule has 0 radical (unpaired) electrons. The molecule has 2 N–H and O–H groups in total. The number of hydrogen-bond acceptors (Lipinski definition) is 3. The van der Waals surface area contributed by atoms with E-state index >= 15 is 0 Å². The number of rotatable bonds is 6. The molecule has 6 nitrogen and oxygen atoms in total. The summed E-state index contributed by atoms with van der Waals surface area (Å²) < 4.78 is 16.3. The summed E-state index contributed by atoms with van der Waals surface area (Å²) in [6.07, 6.45) is 1.83. The van der Waals surface area contributed by atoms with Crippen molar-refractivity contribution in [2.24, 2.45) is 0 Å². The highest BCUT2D eigenvalue weighted by Gasteiger charge is 2.19. The molecule has 2 aromatic heterocycles. The van der Waals surface area contributed by atoms with Crippen LogP contribution < -0.4 is 5.32 Å². The zero-order chi connectivity index (χ0) is 24.5. The summed E-state index contributed by atoms with van der Waals surface area (Å²) in [5, 5.41) is 13.7. The number of hydrogen-bond donors (Lipinski definition) is 2. The van der Waals surface area contributed by atoms with Crippen molar-refractivity contribution >= 4 is 33.7 Å². The summed E-state index contributed by atoms with van der Waals surface area (Å²) in [4.78, 5) is 29.1. The van der Waals surface area contributed by atoms with Gasteiger partial charge < -0.3 is 15.0 Å². The van der Waals surface area contributed by atoms with Gasteiger partial charge in [0.2, 0.25) is 0 Å². The van der Waals surface area contributed by atoms with Gasteiger partial charge >= 0.3 is 5.97 Å². The van der Waals surface area contributed by atoms with Gasteiger partial charge in [0.25, 0.3) is 5.91 Å². The average molecular weight is 468 g/mol. The number of fused-ring (bicyclic) bond motifs is 2. The Hall–Kier alpha value is -4.52. The number of nitrogens with zero attached hydrogens (tertiary/aromatic N) is 2. The fraction of sp³-hybridized carbons (Fsp3) is 0.107. The summed E-state index contributed by atoms with van der Waals surface area (Å²) in [6.45, 7) is 2.22. The highest BCUT2D eigenvalue weighted by Crippen LogP contribution is 2.25. The number of nitrogens with one attached hydrogen (secondary N) is 1. The Morgan fingerprint density at radius 1 is 1.00 bits per heavy atom. The molecule has 0 fully saturated rings. The number of halogens is 1. The van der Waals surface area contributed by atoms with Crippen LogP contribution >= 0.6 is 0 Å². The van der Waals surface area contributed by atoms with Gasteiger partial charge in [-0.2, -0.15) is 0 Å². The van der Waals surface area contributed by atoms with Crippen molar-refractivity contribution < 1.29 is 19.1 Å². The number of aromatic nitrogens is 2. The summed E-state index contributed by atoms with van der Waals surface area (Å²) in [5.41, 5.74) is 3.45. The van der Waals surface area contributed by atoms with Crippen LogP contribution in [-0.2, 0) is 6.54 Å². The molecule has 1 atom stereocenters. The van der Waals surface area contributed by atoms with Crippen LogP contribution in [0.5, 0.6) is 0 Å². The Labute approximate surface area is 200 Å². The summed E-state index contributed by atoms with van der Waals surface area (Å²) in [6, 6.07) is 22.1. The zero-order valence-electron chi connectivity index (χ0n) is 18.9. The largest absolute Gasteiger partial charge is 0.478 e. The molecule has 2 heterocycles. The number of aromatic carboxylic acids is 1. The molecule has 5 rings (SSSR count). The van der Waals surface area contributed by atoms with E-state index in [9.17, 15) is 14.0 Å². The van der Waals surface area contributed by atoms with Gasteiger partial charge in [0.1, 0.15) is 5.82 Å². The number of amides is 1. The molecule has 0 aliphatic carbocycles. The maximum atomic E-state index is 14.4. The Balaban J connectivity index is 1.45. The molecule has 0 saturated carbocycles. The molecule has 0 unspecified atom stereocenters. The Bertz CT molecular complexity index is 1570. The van der Waals surface area contributed by atoms with Gasteiger partial charge in [-0.3, -0.25) is 9.78 Å².